The van der Waals surface area contributed by atoms with Crippen LogP contribution in [-0.4, -0.2) is 15.0 Å². The van der Waals surface area contributed by atoms with Crippen LogP contribution in [0.3, 0.4) is 0 Å². The summed E-state index contributed by atoms with van der Waals surface area (Å²) in [7, 11) is -3.49. The van der Waals surface area contributed by atoms with Gasteiger partial charge in [-0.05, 0) is 48.4 Å². The van der Waals surface area contributed by atoms with Gasteiger partial charge in [-0.2, -0.15) is 0 Å². The van der Waals surface area contributed by atoms with Crippen molar-refractivity contribution in [2.24, 2.45) is 0 Å². The highest BCUT2D eigenvalue weighted by atomic mass is 32.2. The van der Waals surface area contributed by atoms with E-state index < -0.39 is 9.84 Å². The number of fused-ring (bicyclic) bond motifs is 1. The molecule has 5 heteroatoms. The van der Waals surface area contributed by atoms with Crippen LogP contribution < -0.4 is 10.5 Å². The molecule has 0 radical (unpaired) electrons. The maximum absolute atomic E-state index is 12.4. The Labute approximate surface area is 123 Å². The zero-order valence-electron chi connectivity index (χ0n) is 11.5. The number of aryl methyl sites for hydroxylation is 1. The van der Waals surface area contributed by atoms with Crippen LogP contribution >= 0.6 is 0 Å². The Hall–Kier alpha value is -2.27. The quantitative estimate of drug-likeness (QED) is 0.885. The number of rotatable bonds is 3. The third-order valence-electron chi connectivity index (χ3n) is 3.36. The summed E-state index contributed by atoms with van der Waals surface area (Å²) in [6.45, 7) is 1.97. The van der Waals surface area contributed by atoms with Crippen molar-refractivity contribution in [3.8, 4) is 5.75 Å². The molecule has 0 spiro atoms. The largest absolute Gasteiger partial charge is 0.488 e. The molecule has 3 rings (SSSR count). The molecule has 2 aromatic carbocycles. The monoisotopic (exact) mass is 301 g/mol. The summed E-state index contributed by atoms with van der Waals surface area (Å²) in [5, 5.41) is 0. The zero-order valence-corrected chi connectivity index (χ0v) is 12.4. The first-order valence-corrected chi connectivity index (χ1v) is 8.00. The van der Waals surface area contributed by atoms with Crippen molar-refractivity contribution < 1.29 is 13.2 Å². The maximum atomic E-state index is 12.4. The van der Waals surface area contributed by atoms with E-state index in [9.17, 15) is 8.42 Å². The fourth-order valence-corrected chi connectivity index (χ4v) is 3.78. The molecule has 1 aliphatic rings. The van der Waals surface area contributed by atoms with Gasteiger partial charge in [-0.25, -0.2) is 8.42 Å². The van der Waals surface area contributed by atoms with Gasteiger partial charge in [-0.1, -0.05) is 18.2 Å². The van der Waals surface area contributed by atoms with Crippen LogP contribution in [0.25, 0.3) is 6.08 Å². The molecule has 1 aliphatic heterocycles. The number of nitrogens with two attached hydrogens (primary N) is 1. The van der Waals surface area contributed by atoms with Gasteiger partial charge in [0.1, 0.15) is 12.4 Å². The molecular weight excluding hydrogens is 286 g/mol. The lowest BCUT2D eigenvalue weighted by atomic mass is 10.2. The average Bonchev–Trinajstić information content (AvgIpc) is 2.68. The van der Waals surface area contributed by atoms with E-state index in [2.05, 4.69) is 0 Å². The summed E-state index contributed by atoms with van der Waals surface area (Å²) in [4.78, 5) is 0.509. The van der Waals surface area contributed by atoms with Gasteiger partial charge in [0.25, 0.3) is 0 Å². The summed E-state index contributed by atoms with van der Waals surface area (Å²) in [6, 6.07) is 12.4. The molecule has 2 aromatic rings. The molecule has 2 N–H and O–H groups in total. The van der Waals surface area contributed by atoms with Crippen LogP contribution in [0.1, 0.15) is 11.1 Å². The molecule has 4 nitrogen and oxygen atoms in total. The van der Waals surface area contributed by atoms with Crippen molar-refractivity contribution in [2.45, 2.75) is 11.8 Å². The first-order chi connectivity index (χ1) is 9.96. The van der Waals surface area contributed by atoms with Crippen LogP contribution in [0.4, 0.5) is 5.69 Å². The summed E-state index contributed by atoms with van der Waals surface area (Å²) >= 11 is 0. The van der Waals surface area contributed by atoms with Gasteiger partial charge in [-0.3, -0.25) is 0 Å². The lowest BCUT2D eigenvalue weighted by Gasteiger charge is -2.08. The molecule has 21 heavy (non-hydrogen) atoms. The molecule has 0 fully saturated rings. The molecule has 0 aliphatic carbocycles. The molecule has 0 aromatic heterocycles. The van der Waals surface area contributed by atoms with Crippen molar-refractivity contribution in [1.29, 1.82) is 0 Å². The van der Waals surface area contributed by atoms with E-state index in [1.807, 2.05) is 25.1 Å². The number of hydrogen-bond donors (Lipinski definition) is 1. The minimum Gasteiger partial charge on any atom is -0.488 e. The molecule has 0 amide bonds. The van der Waals surface area contributed by atoms with E-state index in [4.69, 9.17) is 10.5 Å². The molecule has 0 saturated heterocycles. The van der Waals surface area contributed by atoms with Crippen molar-refractivity contribution in [2.75, 3.05) is 12.3 Å². The van der Waals surface area contributed by atoms with Crippen molar-refractivity contribution in [3.63, 3.8) is 0 Å². The van der Waals surface area contributed by atoms with Gasteiger partial charge >= 0.3 is 0 Å². The number of anilines is 1. The summed E-state index contributed by atoms with van der Waals surface area (Å²) in [6.07, 6.45) is 1.64. The van der Waals surface area contributed by atoms with Crippen molar-refractivity contribution >= 4 is 21.6 Å². The summed E-state index contributed by atoms with van der Waals surface area (Å²) in [5.41, 5.74) is 7.82. The lowest BCUT2D eigenvalue weighted by molar-refractivity contribution is 0.359. The van der Waals surface area contributed by atoms with Gasteiger partial charge < -0.3 is 10.5 Å². The van der Waals surface area contributed by atoms with Crippen LogP contribution in [0.2, 0.25) is 0 Å². The van der Waals surface area contributed by atoms with E-state index in [-0.39, 0.29) is 16.4 Å². The number of nitrogen functional groups attached to an aromatic ring is 1. The van der Waals surface area contributed by atoms with E-state index in [0.717, 1.165) is 5.56 Å². The lowest BCUT2D eigenvalue weighted by Crippen LogP contribution is -2.09. The van der Waals surface area contributed by atoms with Gasteiger partial charge in [0.15, 0.2) is 0 Å². The second-order valence-electron chi connectivity index (χ2n) is 5.02. The van der Waals surface area contributed by atoms with Gasteiger partial charge in [0, 0.05) is 5.69 Å². The first kappa shape index (κ1) is 13.7. The zero-order chi connectivity index (χ0) is 15.0. The predicted molar refractivity (Wildman–Crippen MR) is 82.7 cm³/mol. The molecule has 1 heterocycles. The third kappa shape index (κ3) is 2.52. The normalized spacial score (nSPS) is 15.4. The Balaban J connectivity index is 1.85. The SMILES string of the molecule is Cc1cccc(OCC2=Cc3ccc(N)cc3S2(=O)=O)c1. The molecule has 0 saturated carbocycles. The topological polar surface area (TPSA) is 69.4 Å². The van der Waals surface area contributed by atoms with E-state index in [0.29, 0.717) is 17.0 Å². The second-order valence-corrected chi connectivity index (χ2v) is 6.99. The average molecular weight is 301 g/mol. The van der Waals surface area contributed by atoms with Crippen LogP contribution in [0, 0.1) is 6.92 Å². The fraction of sp³-hybridized carbons (Fsp3) is 0.125. The summed E-state index contributed by atoms with van der Waals surface area (Å²) in [5.74, 6) is 0.654. The Morgan fingerprint density at radius 1 is 1.14 bits per heavy atom. The highest BCUT2D eigenvalue weighted by Gasteiger charge is 2.30. The van der Waals surface area contributed by atoms with E-state index in [1.54, 1.807) is 24.3 Å². The minimum atomic E-state index is -3.49. The van der Waals surface area contributed by atoms with Crippen molar-refractivity contribution in [3.05, 3.63) is 58.5 Å². The van der Waals surface area contributed by atoms with Gasteiger partial charge in [0.2, 0.25) is 9.84 Å². The van der Waals surface area contributed by atoms with Crippen LogP contribution in [-0.2, 0) is 9.84 Å². The van der Waals surface area contributed by atoms with E-state index in [1.165, 1.54) is 6.07 Å². The Kier molecular flexibility index (Phi) is 3.22. The Morgan fingerprint density at radius 2 is 1.95 bits per heavy atom. The second kappa shape index (κ2) is 4.93. The van der Waals surface area contributed by atoms with Crippen LogP contribution in [0.15, 0.2) is 52.3 Å². The molecule has 108 valence electrons. The fourth-order valence-electron chi connectivity index (χ4n) is 2.27. The van der Waals surface area contributed by atoms with Crippen LogP contribution in [0.5, 0.6) is 5.75 Å². The first-order valence-electron chi connectivity index (χ1n) is 6.51. The Morgan fingerprint density at radius 3 is 2.71 bits per heavy atom. The maximum Gasteiger partial charge on any atom is 0.206 e. The van der Waals surface area contributed by atoms with Gasteiger partial charge in [0.05, 0.1) is 9.80 Å². The summed E-state index contributed by atoms with van der Waals surface area (Å²) < 4.78 is 30.4. The number of benzene rings is 2. The van der Waals surface area contributed by atoms with Gasteiger partial charge in [-0.15, -0.1) is 0 Å². The van der Waals surface area contributed by atoms with E-state index >= 15 is 0 Å². The number of ether oxygens (including phenoxy) is 1. The highest BCUT2D eigenvalue weighted by molar-refractivity contribution is 7.95. The molecular formula is C16H15NO3S. The molecule has 0 bridgehead atoms. The number of sulfone groups is 1. The molecule has 0 atom stereocenters. The van der Waals surface area contributed by atoms with Crippen molar-refractivity contribution in [1.82, 2.24) is 0 Å². The number of hydrogen-bond acceptors (Lipinski definition) is 4. The minimum absolute atomic E-state index is 0.0143. The highest BCUT2D eigenvalue weighted by Crippen LogP contribution is 2.34. The third-order valence-corrected chi connectivity index (χ3v) is 5.22. The molecule has 0 unspecified atom stereocenters. The predicted octanol–water partition coefficient (Wildman–Crippen LogP) is 2.78. The standard InChI is InChI=1S/C16H15NO3S/c1-11-3-2-4-14(7-11)20-10-15-8-12-5-6-13(17)9-16(12)21(15,18)19/h2-9H,10,17H2,1H3. The smallest absolute Gasteiger partial charge is 0.206 e. The Bertz CT molecular complexity index is 838.